The molecule has 9 heavy (non-hydrogen) atoms. The topological polar surface area (TPSA) is 74.5 Å². The lowest BCUT2D eigenvalue weighted by Gasteiger charge is -1.66. The molecule has 0 N–H and O–H groups in total. The van der Waals surface area contributed by atoms with Gasteiger partial charge in [-0.15, -0.1) is 10.2 Å². The summed E-state index contributed by atoms with van der Waals surface area (Å²) in [5.74, 6) is 0. The van der Waals surface area contributed by atoms with Gasteiger partial charge in [0.05, 0.1) is 0 Å². The van der Waals surface area contributed by atoms with Crippen LogP contribution in [-0.2, 0) is 0 Å². The smallest absolute Gasteiger partial charge is 0.136 e. The van der Waals surface area contributed by atoms with Gasteiger partial charge in [0.1, 0.15) is 0 Å². The standard InChI is InChI=1S/C2BrN5S/c3-1-5-6-2(9-1)7-8-4. The van der Waals surface area contributed by atoms with E-state index >= 15 is 0 Å². The maximum Gasteiger partial charge on any atom is 0.204 e. The molecule has 0 saturated carbocycles. The minimum Gasteiger partial charge on any atom is -0.136 e. The second-order valence-electron chi connectivity index (χ2n) is 1.03. The first-order valence-corrected chi connectivity index (χ1v) is 3.48. The Morgan fingerprint density at radius 1 is 1.67 bits per heavy atom. The van der Waals surface area contributed by atoms with E-state index in [1.807, 2.05) is 0 Å². The van der Waals surface area contributed by atoms with E-state index < -0.39 is 0 Å². The zero-order valence-electron chi connectivity index (χ0n) is 4.02. The molecule has 7 heteroatoms. The molecule has 0 amide bonds. The molecule has 46 valence electrons. The average molecular weight is 206 g/mol. The van der Waals surface area contributed by atoms with E-state index in [-0.39, 0.29) is 0 Å². The van der Waals surface area contributed by atoms with Crippen LogP contribution in [0.25, 0.3) is 10.4 Å². The summed E-state index contributed by atoms with van der Waals surface area (Å²) in [6.07, 6.45) is 0. The minimum absolute atomic E-state index is 0.323. The molecular formula is C2BrN5S. The number of azide groups is 1. The summed E-state index contributed by atoms with van der Waals surface area (Å²) in [6.45, 7) is 0. The highest BCUT2D eigenvalue weighted by atomic mass is 79.9. The van der Waals surface area contributed by atoms with Crippen LogP contribution in [0.3, 0.4) is 0 Å². The normalized spacial score (nSPS) is 8.56. The fourth-order valence-corrected chi connectivity index (χ4v) is 1.18. The van der Waals surface area contributed by atoms with E-state index in [1.54, 1.807) is 0 Å². The Balaban J connectivity index is 2.97. The zero-order valence-corrected chi connectivity index (χ0v) is 6.42. The molecular weight excluding hydrogens is 206 g/mol. The van der Waals surface area contributed by atoms with Gasteiger partial charge in [0.2, 0.25) is 5.13 Å². The Labute approximate surface area is 62.5 Å². The van der Waals surface area contributed by atoms with E-state index in [0.29, 0.717) is 9.05 Å². The Morgan fingerprint density at radius 3 is 2.89 bits per heavy atom. The van der Waals surface area contributed by atoms with Gasteiger partial charge in [-0.3, -0.25) is 0 Å². The van der Waals surface area contributed by atoms with Crippen molar-refractivity contribution in [2.45, 2.75) is 0 Å². The fraction of sp³-hybridized carbons (Fsp3) is 0. The molecule has 0 fully saturated rings. The van der Waals surface area contributed by atoms with Crippen molar-refractivity contribution in [1.29, 1.82) is 0 Å². The second-order valence-corrected chi connectivity index (χ2v) is 3.26. The Kier molecular flexibility index (Phi) is 1.99. The van der Waals surface area contributed by atoms with Gasteiger partial charge >= 0.3 is 0 Å². The monoisotopic (exact) mass is 205 g/mol. The number of rotatable bonds is 1. The van der Waals surface area contributed by atoms with Crippen molar-refractivity contribution in [2.75, 3.05) is 0 Å². The molecule has 0 aliphatic heterocycles. The van der Waals surface area contributed by atoms with Crippen LogP contribution in [0.5, 0.6) is 0 Å². The van der Waals surface area contributed by atoms with Gasteiger partial charge in [-0.05, 0) is 26.6 Å². The minimum atomic E-state index is 0.323. The summed E-state index contributed by atoms with van der Waals surface area (Å²) in [7, 11) is 0. The Hall–Kier alpha value is -0.650. The highest BCUT2D eigenvalue weighted by Gasteiger charge is 1.94. The van der Waals surface area contributed by atoms with Crippen molar-refractivity contribution in [3.8, 4) is 0 Å². The third-order valence-electron chi connectivity index (χ3n) is 0.520. The largest absolute Gasteiger partial charge is 0.204 e. The fourth-order valence-electron chi connectivity index (χ4n) is 0.277. The van der Waals surface area contributed by atoms with Crippen molar-refractivity contribution in [3.05, 3.63) is 14.4 Å². The summed E-state index contributed by atoms with van der Waals surface area (Å²) >= 11 is 4.25. The van der Waals surface area contributed by atoms with E-state index in [2.05, 4.69) is 36.2 Å². The molecule has 0 aromatic carbocycles. The van der Waals surface area contributed by atoms with Crippen LogP contribution in [0.4, 0.5) is 5.13 Å². The molecule has 0 unspecified atom stereocenters. The number of aromatic nitrogens is 2. The van der Waals surface area contributed by atoms with Crippen LogP contribution in [0.15, 0.2) is 9.03 Å². The third kappa shape index (κ3) is 1.63. The van der Waals surface area contributed by atoms with Gasteiger partial charge in [-0.25, -0.2) is 0 Å². The SMILES string of the molecule is [N-]=[N+]=Nc1nnc(Br)s1. The molecule has 0 spiro atoms. The molecule has 1 heterocycles. The van der Waals surface area contributed by atoms with Gasteiger partial charge in [-0.2, -0.15) is 0 Å². The first kappa shape index (κ1) is 6.47. The molecule has 1 rings (SSSR count). The molecule has 1 aromatic rings. The highest BCUT2D eigenvalue weighted by molar-refractivity contribution is 9.11. The van der Waals surface area contributed by atoms with E-state index in [0.717, 1.165) is 0 Å². The first-order chi connectivity index (χ1) is 4.33. The van der Waals surface area contributed by atoms with Crippen LogP contribution in [0, 0.1) is 0 Å². The van der Waals surface area contributed by atoms with Crippen LogP contribution >= 0.6 is 27.3 Å². The van der Waals surface area contributed by atoms with Gasteiger partial charge in [0.15, 0.2) is 3.92 Å². The lowest BCUT2D eigenvalue weighted by atomic mass is 11.3. The van der Waals surface area contributed by atoms with Gasteiger partial charge < -0.3 is 0 Å². The molecule has 0 atom stereocenters. The zero-order chi connectivity index (χ0) is 6.69. The van der Waals surface area contributed by atoms with Crippen LogP contribution in [-0.4, -0.2) is 10.2 Å². The second kappa shape index (κ2) is 2.77. The van der Waals surface area contributed by atoms with Crippen molar-refractivity contribution < 1.29 is 0 Å². The van der Waals surface area contributed by atoms with Crippen molar-refractivity contribution in [3.63, 3.8) is 0 Å². The van der Waals surface area contributed by atoms with Crippen molar-refractivity contribution >= 4 is 32.4 Å². The average Bonchev–Trinajstić information content (AvgIpc) is 2.17. The molecule has 5 nitrogen and oxygen atoms in total. The quantitative estimate of drug-likeness (QED) is 0.401. The Morgan fingerprint density at radius 2 is 2.44 bits per heavy atom. The van der Waals surface area contributed by atoms with Crippen molar-refractivity contribution in [2.24, 2.45) is 5.11 Å². The van der Waals surface area contributed by atoms with Gasteiger partial charge in [0, 0.05) is 4.91 Å². The van der Waals surface area contributed by atoms with Gasteiger partial charge in [0.25, 0.3) is 0 Å². The lowest BCUT2D eigenvalue weighted by molar-refractivity contribution is 1.06. The van der Waals surface area contributed by atoms with Crippen LogP contribution < -0.4 is 0 Å². The van der Waals surface area contributed by atoms with E-state index in [9.17, 15) is 0 Å². The molecule has 0 bridgehead atoms. The number of hydrogen-bond acceptors (Lipinski definition) is 4. The summed E-state index contributed by atoms with van der Waals surface area (Å²) in [5.41, 5.74) is 7.91. The van der Waals surface area contributed by atoms with Crippen LogP contribution in [0.2, 0.25) is 0 Å². The number of hydrogen-bond donors (Lipinski definition) is 0. The predicted molar refractivity (Wildman–Crippen MR) is 36.4 cm³/mol. The number of halogens is 1. The first-order valence-electron chi connectivity index (χ1n) is 1.87. The summed E-state index contributed by atoms with van der Waals surface area (Å²) in [5, 5.41) is 10.6. The summed E-state index contributed by atoms with van der Waals surface area (Å²) in [4.78, 5) is 2.53. The molecule has 0 radical (unpaired) electrons. The number of nitrogens with zero attached hydrogens (tertiary/aromatic N) is 5. The van der Waals surface area contributed by atoms with Crippen LogP contribution in [0.1, 0.15) is 0 Å². The summed E-state index contributed by atoms with van der Waals surface area (Å²) in [6, 6.07) is 0. The Bertz CT molecular complexity index is 249. The van der Waals surface area contributed by atoms with E-state index in [1.165, 1.54) is 11.3 Å². The predicted octanol–water partition coefficient (Wildman–Crippen LogP) is 2.24. The maximum atomic E-state index is 7.91. The summed E-state index contributed by atoms with van der Waals surface area (Å²) < 4.78 is 0.616. The lowest BCUT2D eigenvalue weighted by Crippen LogP contribution is -1.61. The van der Waals surface area contributed by atoms with Crippen molar-refractivity contribution in [1.82, 2.24) is 10.2 Å². The molecule has 0 aliphatic rings. The highest BCUT2D eigenvalue weighted by Crippen LogP contribution is 2.22. The molecule has 0 saturated heterocycles. The van der Waals surface area contributed by atoms with E-state index in [4.69, 9.17) is 5.53 Å². The van der Waals surface area contributed by atoms with Gasteiger partial charge in [-0.1, -0.05) is 11.3 Å². The third-order valence-corrected chi connectivity index (χ3v) is 1.76. The molecule has 1 aromatic heterocycles. The maximum absolute atomic E-state index is 7.91. The molecule has 0 aliphatic carbocycles.